The number of anilines is 1. The first-order valence-corrected chi connectivity index (χ1v) is 6.47. The number of nitrogens with two attached hydrogens (primary N) is 1. The lowest BCUT2D eigenvalue weighted by molar-refractivity contribution is 0.103. The molecule has 4 nitrogen and oxygen atoms in total. The zero-order chi connectivity index (χ0) is 14.0. The van der Waals surface area contributed by atoms with Crippen LogP contribution >= 0.6 is 0 Å². The van der Waals surface area contributed by atoms with Crippen molar-refractivity contribution >= 4 is 11.6 Å². The summed E-state index contributed by atoms with van der Waals surface area (Å²) in [6, 6.07) is 7.45. The number of aryl methyl sites for hydroxylation is 2. The zero-order valence-electron chi connectivity index (χ0n) is 11.6. The first-order valence-electron chi connectivity index (χ1n) is 6.47. The smallest absolute Gasteiger partial charge is 0.215 e. The fourth-order valence-electron chi connectivity index (χ4n) is 2.02. The number of carbonyl (C=O) groups is 1. The molecule has 0 atom stereocenters. The van der Waals surface area contributed by atoms with Gasteiger partial charge in [0, 0.05) is 19.0 Å². The molecule has 0 bridgehead atoms. The van der Waals surface area contributed by atoms with Crippen molar-refractivity contribution < 1.29 is 4.79 Å². The van der Waals surface area contributed by atoms with Crippen LogP contribution in [-0.4, -0.2) is 15.3 Å². The number of aromatic nitrogens is 2. The molecule has 1 aromatic heterocycles. The van der Waals surface area contributed by atoms with E-state index in [1.165, 1.54) is 0 Å². The van der Waals surface area contributed by atoms with Crippen LogP contribution in [0, 0.1) is 6.92 Å². The molecule has 4 heteroatoms. The average Bonchev–Trinajstić information content (AvgIpc) is 2.68. The Hall–Kier alpha value is -2.10. The largest absolute Gasteiger partial charge is 0.383 e. The summed E-state index contributed by atoms with van der Waals surface area (Å²) in [4.78, 5) is 16.8. The van der Waals surface area contributed by atoms with Crippen LogP contribution in [-0.2, 0) is 13.5 Å². The van der Waals surface area contributed by atoms with Crippen LogP contribution in [0.5, 0.6) is 0 Å². The molecule has 0 fully saturated rings. The predicted octanol–water partition coefficient (Wildman–Crippen LogP) is 2.49. The molecule has 1 heterocycles. The zero-order valence-corrected chi connectivity index (χ0v) is 11.6. The van der Waals surface area contributed by atoms with E-state index in [0.29, 0.717) is 17.1 Å². The molecule has 0 aliphatic rings. The highest BCUT2D eigenvalue weighted by molar-refractivity contribution is 6.10. The number of hydrogen-bond donors (Lipinski definition) is 1. The molecule has 100 valence electrons. The van der Waals surface area contributed by atoms with E-state index in [1.807, 2.05) is 38.2 Å². The van der Waals surface area contributed by atoms with Crippen molar-refractivity contribution in [3.63, 3.8) is 0 Å². The standard InChI is InChI=1S/C15H19N3O/c1-4-5-12-17-13(15(16)18(12)3)14(19)11-8-6-10(2)7-9-11/h6-9H,4-5,16H2,1-3H3. The van der Waals surface area contributed by atoms with E-state index in [0.717, 1.165) is 24.2 Å². The van der Waals surface area contributed by atoms with Gasteiger partial charge in [-0.15, -0.1) is 0 Å². The van der Waals surface area contributed by atoms with Crippen LogP contribution in [0.1, 0.15) is 40.8 Å². The van der Waals surface area contributed by atoms with E-state index in [4.69, 9.17) is 5.73 Å². The van der Waals surface area contributed by atoms with E-state index < -0.39 is 0 Å². The van der Waals surface area contributed by atoms with Gasteiger partial charge in [-0.1, -0.05) is 36.8 Å². The lowest BCUT2D eigenvalue weighted by Crippen LogP contribution is -2.06. The maximum absolute atomic E-state index is 12.4. The summed E-state index contributed by atoms with van der Waals surface area (Å²) in [6.45, 7) is 4.06. The molecule has 19 heavy (non-hydrogen) atoms. The number of nitrogen functional groups attached to an aromatic ring is 1. The quantitative estimate of drug-likeness (QED) is 0.856. The monoisotopic (exact) mass is 257 g/mol. The molecular formula is C15H19N3O. The maximum atomic E-state index is 12.4. The summed E-state index contributed by atoms with van der Waals surface area (Å²) in [5.74, 6) is 1.18. The third-order valence-electron chi connectivity index (χ3n) is 3.23. The van der Waals surface area contributed by atoms with Crippen LogP contribution in [0.15, 0.2) is 24.3 Å². The van der Waals surface area contributed by atoms with Gasteiger partial charge >= 0.3 is 0 Å². The van der Waals surface area contributed by atoms with Crippen molar-refractivity contribution in [3.8, 4) is 0 Å². The maximum Gasteiger partial charge on any atom is 0.215 e. The molecule has 0 spiro atoms. The molecule has 0 aliphatic carbocycles. The Morgan fingerprint density at radius 1 is 1.32 bits per heavy atom. The second-order valence-electron chi connectivity index (χ2n) is 4.77. The van der Waals surface area contributed by atoms with Crippen molar-refractivity contribution in [1.29, 1.82) is 0 Å². The van der Waals surface area contributed by atoms with Gasteiger partial charge < -0.3 is 10.3 Å². The first kappa shape index (κ1) is 13.3. The lowest BCUT2D eigenvalue weighted by Gasteiger charge is -2.01. The number of benzene rings is 1. The Labute approximate surface area is 113 Å². The van der Waals surface area contributed by atoms with Crippen molar-refractivity contribution in [2.45, 2.75) is 26.7 Å². The molecule has 2 aromatic rings. The Kier molecular flexibility index (Phi) is 3.69. The van der Waals surface area contributed by atoms with Crippen LogP contribution in [0.4, 0.5) is 5.82 Å². The molecule has 0 saturated heterocycles. The van der Waals surface area contributed by atoms with Crippen molar-refractivity contribution in [3.05, 3.63) is 46.9 Å². The van der Waals surface area contributed by atoms with E-state index >= 15 is 0 Å². The third kappa shape index (κ3) is 2.52. The highest BCUT2D eigenvalue weighted by atomic mass is 16.1. The van der Waals surface area contributed by atoms with E-state index in [9.17, 15) is 4.79 Å². The van der Waals surface area contributed by atoms with Gasteiger partial charge in [0.05, 0.1) is 0 Å². The lowest BCUT2D eigenvalue weighted by atomic mass is 10.1. The molecule has 0 amide bonds. The normalized spacial score (nSPS) is 10.7. The minimum atomic E-state index is -0.115. The van der Waals surface area contributed by atoms with Gasteiger partial charge in [0.15, 0.2) is 5.69 Å². The fraction of sp³-hybridized carbons (Fsp3) is 0.333. The van der Waals surface area contributed by atoms with Crippen molar-refractivity contribution in [2.24, 2.45) is 7.05 Å². The first-order chi connectivity index (χ1) is 9.04. The summed E-state index contributed by atoms with van der Waals surface area (Å²) in [5, 5.41) is 0. The van der Waals surface area contributed by atoms with Gasteiger partial charge in [-0.2, -0.15) is 0 Å². The SMILES string of the molecule is CCCc1nc(C(=O)c2ccc(C)cc2)c(N)n1C. The number of ketones is 1. The van der Waals surface area contributed by atoms with Crippen LogP contribution in [0.2, 0.25) is 0 Å². The highest BCUT2D eigenvalue weighted by Crippen LogP contribution is 2.18. The number of carbonyl (C=O) groups excluding carboxylic acids is 1. The molecule has 0 saturated carbocycles. The fourth-order valence-corrected chi connectivity index (χ4v) is 2.02. The second-order valence-corrected chi connectivity index (χ2v) is 4.77. The minimum absolute atomic E-state index is 0.115. The molecule has 1 aromatic carbocycles. The van der Waals surface area contributed by atoms with Gasteiger partial charge in [0.1, 0.15) is 11.6 Å². The molecule has 0 unspecified atom stereocenters. The van der Waals surface area contributed by atoms with Gasteiger partial charge in [-0.05, 0) is 13.3 Å². The third-order valence-corrected chi connectivity index (χ3v) is 3.23. The Balaban J connectivity index is 2.39. The summed E-state index contributed by atoms with van der Waals surface area (Å²) < 4.78 is 1.80. The van der Waals surface area contributed by atoms with E-state index in [-0.39, 0.29) is 5.78 Å². The summed E-state index contributed by atoms with van der Waals surface area (Å²) >= 11 is 0. The topological polar surface area (TPSA) is 60.9 Å². The van der Waals surface area contributed by atoms with Crippen LogP contribution in [0.25, 0.3) is 0 Å². The van der Waals surface area contributed by atoms with Gasteiger partial charge in [0.2, 0.25) is 5.78 Å². The second kappa shape index (κ2) is 5.26. The molecule has 0 radical (unpaired) electrons. The van der Waals surface area contributed by atoms with Gasteiger partial charge in [-0.3, -0.25) is 4.79 Å². The van der Waals surface area contributed by atoms with Crippen LogP contribution < -0.4 is 5.73 Å². The number of rotatable bonds is 4. The van der Waals surface area contributed by atoms with Crippen molar-refractivity contribution in [2.75, 3.05) is 5.73 Å². The Bertz CT molecular complexity index is 597. The number of imidazole rings is 1. The van der Waals surface area contributed by atoms with Crippen molar-refractivity contribution in [1.82, 2.24) is 9.55 Å². The molecular weight excluding hydrogens is 238 g/mol. The molecule has 2 rings (SSSR count). The van der Waals surface area contributed by atoms with Gasteiger partial charge in [-0.25, -0.2) is 4.98 Å². The number of nitrogens with zero attached hydrogens (tertiary/aromatic N) is 2. The Morgan fingerprint density at radius 2 is 1.95 bits per heavy atom. The van der Waals surface area contributed by atoms with E-state index in [2.05, 4.69) is 11.9 Å². The average molecular weight is 257 g/mol. The van der Waals surface area contributed by atoms with Crippen LogP contribution in [0.3, 0.4) is 0 Å². The predicted molar refractivity (Wildman–Crippen MR) is 76.2 cm³/mol. The number of hydrogen-bond acceptors (Lipinski definition) is 3. The summed E-state index contributed by atoms with van der Waals surface area (Å²) in [5.41, 5.74) is 8.08. The molecule has 0 aliphatic heterocycles. The highest BCUT2D eigenvalue weighted by Gasteiger charge is 2.19. The minimum Gasteiger partial charge on any atom is -0.383 e. The Morgan fingerprint density at radius 3 is 2.53 bits per heavy atom. The molecule has 2 N–H and O–H groups in total. The summed E-state index contributed by atoms with van der Waals surface area (Å²) in [6.07, 6.45) is 1.80. The van der Waals surface area contributed by atoms with E-state index in [1.54, 1.807) is 4.57 Å². The van der Waals surface area contributed by atoms with Gasteiger partial charge in [0.25, 0.3) is 0 Å². The summed E-state index contributed by atoms with van der Waals surface area (Å²) in [7, 11) is 1.85.